The minimum Gasteiger partial charge on any atom is -0.389 e. The highest BCUT2D eigenvalue weighted by Crippen LogP contribution is 2.28. The molecule has 1 aromatic rings. The summed E-state index contributed by atoms with van der Waals surface area (Å²) < 4.78 is 0. The van der Waals surface area contributed by atoms with E-state index in [4.69, 9.17) is 0 Å². The van der Waals surface area contributed by atoms with E-state index >= 15 is 0 Å². The lowest BCUT2D eigenvalue weighted by atomic mass is 9.86. The second-order valence-electron chi connectivity index (χ2n) is 6.67. The second kappa shape index (κ2) is 4.80. The molecule has 1 heterocycles. The van der Waals surface area contributed by atoms with Crippen LogP contribution in [0.4, 0.5) is 5.69 Å². The first kappa shape index (κ1) is 14.4. The van der Waals surface area contributed by atoms with E-state index in [0.717, 1.165) is 19.5 Å². The summed E-state index contributed by atoms with van der Waals surface area (Å²) >= 11 is 0. The first-order valence-electron chi connectivity index (χ1n) is 7.01. The molecule has 0 spiro atoms. The van der Waals surface area contributed by atoms with Crippen LogP contribution in [0.15, 0.2) is 18.2 Å². The van der Waals surface area contributed by atoms with Crippen LogP contribution < -0.4 is 10.2 Å². The van der Waals surface area contributed by atoms with Crippen LogP contribution in [0.5, 0.6) is 0 Å². The van der Waals surface area contributed by atoms with Gasteiger partial charge < -0.3 is 15.3 Å². The normalized spacial score (nSPS) is 15.8. The van der Waals surface area contributed by atoms with Crippen molar-refractivity contribution in [3.63, 3.8) is 0 Å². The fourth-order valence-electron chi connectivity index (χ4n) is 2.27. The average molecular weight is 262 g/mol. The molecule has 1 aromatic carbocycles. The van der Waals surface area contributed by atoms with E-state index in [0.29, 0.717) is 0 Å². The molecule has 2 N–H and O–H groups in total. The van der Waals surface area contributed by atoms with Crippen molar-refractivity contribution in [1.82, 2.24) is 5.32 Å². The number of hydrogen-bond acceptors (Lipinski definition) is 3. The van der Waals surface area contributed by atoms with Crippen LogP contribution in [0.2, 0.25) is 0 Å². The molecule has 0 fully saturated rings. The largest absolute Gasteiger partial charge is 0.389 e. The molecule has 1 aliphatic heterocycles. The Labute approximate surface area is 116 Å². The molecule has 19 heavy (non-hydrogen) atoms. The van der Waals surface area contributed by atoms with Crippen molar-refractivity contribution in [3.8, 4) is 0 Å². The summed E-state index contributed by atoms with van der Waals surface area (Å²) in [6.07, 6.45) is 1.13. The van der Waals surface area contributed by atoms with Gasteiger partial charge in [0.25, 0.3) is 0 Å². The van der Waals surface area contributed by atoms with Gasteiger partial charge in [0, 0.05) is 31.4 Å². The van der Waals surface area contributed by atoms with Crippen LogP contribution in [-0.2, 0) is 13.0 Å². The molecule has 1 aliphatic rings. The highest BCUT2D eigenvalue weighted by Gasteiger charge is 2.34. The van der Waals surface area contributed by atoms with Gasteiger partial charge in [0.2, 0.25) is 0 Å². The Kier molecular flexibility index (Phi) is 3.63. The summed E-state index contributed by atoms with van der Waals surface area (Å²) in [4.78, 5) is 2.30. The van der Waals surface area contributed by atoms with Gasteiger partial charge in [-0.05, 0) is 51.3 Å². The average Bonchev–Trinajstić information content (AvgIpc) is 2.67. The zero-order valence-electron chi connectivity index (χ0n) is 12.7. The molecule has 0 aliphatic carbocycles. The van der Waals surface area contributed by atoms with Crippen LogP contribution in [0, 0.1) is 0 Å². The lowest BCUT2D eigenvalue weighted by Gasteiger charge is -2.38. The van der Waals surface area contributed by atoms with Gasteiger partial charge in [-0.1, -0.05) is 12.1 Å². The highest BCUT2D eigenvalue weighted by molar-refractivity contribution is 5.58. The summed E-state index contributed by atoms with van der Waals surface area (Å²) in [7, 11) is 2.14. The minimum absolute atomic E-state index is 0.317. The molecule has 2 rings (SSSR count). The number of likely N-dealkylation sites (N-methyl/N-ethyl adjacent to an activating group) is 1. The van der Waals surface area contributed by atoms with Crippen LogP contribution in [0.25, 0.3) is 0 Å². The van der Waals surface area contributed by atoms with E-state index < -0.39 is 5.60 Å². The number of nitrogens with one attached hydrogen (secondary N) is 1. The molecule has 0 saturated heterocycles. The molecule has 3 heteroatoms. The Morgan fingerprint density at radius 2 is 1.95 bits per heavy atom. The number of hydrogen-bond donors (Lipinski definition) is 2. The second-order valence-corrected chi connectivity index (χ2v) is 6.67. The van der Waals surface area contributed by atoms with Crippen molar-refractivity contribution < 1.29 is 5.11 Å². The third kappa shape index (κ3) is 2.93. The monoisotopic (exact) mass is 262 g/mol. The fourth-order valence-corrected chi connectivity index (χ4v) is 2.27. The Morgan fingerprint density at radius 3 is 2.58 bits per heavy atom. The van der Waals surface area contributed by atoms with Gasteiger partial charge in [-0.2, -0.15) is 0 Å². The summed E-state index contributed by atoms with van der Waals surface area (Å²) in [5.41, 5.74) is 3.01. The number of aliphatic hydroxyl groups is 1. The van der Waals surface area contributed by atoms with E-state index in [1.54, 1.807) is 0 Å². The van der Waals surface area contributed by atoms with Gasteiger partial charge in [-0.15, -0.1) is 0 Å². The standard InChI is InChI=1S/C16H26N2O/c1-15(2,16(3,4)19)17-11-12-6-7-14-13(10-12)8-9-18(14)5/h6-7,10,17,19H,8-9,11H2,1-5H3. The van der Waals surface area contributed by atoms with E-state index in [1.165, 1.54) is 16.8 Å². The van der Waals surface area contributed by atoms with Crippen molar-refractivity contribution >= 4 is 5.69 Å². The number of benzene rings is 1. The molecule has 3 nitrogen and oxygen atoms in total. The molecule has 0 atom stereocenters. The van der Waals surface area contributed by atoms with Crippen molar-refractivity contribution in [1.29, 1.82) is 0 Å². The minimum atomic E-state index is -0.746. The predicted molar refractivity (Wildman–Crippen MR) is 80.6 cm³/mol. The zero-order chi connectivity index (χ0) is 14.3. The Balaban J connectivity index is 2.06. The van der Waals surface area contributed by atoms with Crippen LogP contribution in [0.1, 0.15) is 38.8 Å². The van der Waals surface area contributed by atoms with E-state index in [-0.39, 0.29) is 5.54 Å². The van der Waals surface area contributed by atoms with Crippen molar-refractivity contribution in [2.75, 3.05) is 18.5 Å². The number of anilines is 1. The third-order valence-corrected chi connectivity index (χ3v) is 4.54. The van der Waals surface area contributed by atoms with Crippen LogP contribution in [0.3, 0.4) is 0 Å². The summed E-state index contributed by atoms with van der Waals surface area (Å²) in [6.45, 7) is 9.66. The molecule has 0 amide bonds. The van der Waals surface area contributed by atoms with Gasteiger partial charge in [-0.25, -0.2) is 0 Å². The Bertz CT molecular complexity index is 460. The van der Waals surface area contributed by atoms with Crippen molar-refractivity contribution in [2.45, 2.75) is 51.8 Å². The molecular weight excluding hydrogens is 236 g/mol. The molecule has 0 radical (unpaired) electrons. The number of nitrogens with zero attached hydrogens (tertiary/aromatic N) is 1. The summed E-state index contributed by atoms with van der Waals surface area (Å²) in [5.74, 6) is 0. The molecule has 0 bridgehead atoms. The van der Waals surface area contributed by atoms with E-state index in [1.807, 2.05) is 27.7 Å². The SMILES string of the molecule is CN1CCc2cc(CNC(C)(C)C(C)(C)O)ccc21. The van der Waals surface area contributed by atoms with E-state index in [9.17, 15) is 5.11 Å². The van der Waals surface area contributed by atoms with Gasteiger partial charge in [0.15, 0.2) is 0 Å². The molecule has 0 unspecified atom stereocenters. The molecule has 0 saturated carbocycles. The highest BCUT2D eigenvalue weighted by atomic mass is 16.3. The number of rotatable bonds is 4. The summed E-state index contributed by atoms with van der Waals surface area (Å²) in [6, 6.07) is 6.66. The van der Waals surface area contributed by atoms with Crippen molar-refractivity contribution in [2.24, 2.45) is 0 Å². The fraction of sp³-hybridized carbons (Fsp3) is 0.625. The van der Waals surface area contributed by atoms with Gasteiger partial charge in [0.05, 0.1) is 5.60 Å². The molecule has 106 valence electrons. The van der Waals surface area contributed by atoms with Crippen molar-refractivity contribution in [3.05, 3.63) is 29.3 Å². The number of fused-ring (bicyclic) bond motifs is 1. The van der Waals surface area contributed by atoms with Gasteiger partial charge >= 0.3 is 0 Å². The Morgan fingerprint density at radius 1 is 1.26 bits per heavy atom. The lowest BCUT2D eigenvalue weighted by Crippen LogP contribution is -2.55. The quantitative estimate of drug-likeness (QED) is 0.874. The lowest BCUT2D eigenvalue weighted by molar-refractivity contribution is -0.00531. The maximum absolute atomic E-state index is 10.1. The maximum atomic E-state index is 10.1. The third-order valence-electron chi connectivity index (χ3n) is 4.54. The van der Waals surface area contributed by atoms with E-state index in [2.05, 4.69) is 35.5 Å². The zero-order valence-corrected chi connectivity index (χ0v) is 12.7. The van der Waals surface area contributed by atoms with Crippen LogP contribution in [-0.4, -0.2) is 29.8 Å². The smallest absolute Gasteiger partial charge is 0.0767 e. The first-order chi connectivity index (χ1) is 8.71. The predicted octanol–water partition coefficient (Wildman–Crippen LogP) is 2.32. The topological polar surface area (TPSA) is 35.5 Å². The summed E-state index contributed by atoms with van der Waals surface area (Å²) in [5, 5.41) is 13.6. The van der Waals surface area contributed by atoms with Crippen LogP contribution >= 0.6 is 0 Å². The maximum Gasteiger partial charge on any atom is 0.0767 e. The van der Waals surface area contributed by atoms with Gasteiger partial charge in [-0.3, -0.25) is 0 Å². The molecule has 0 aromatic heterocycles. The Hall–Kier alpha value is -1.06. The first-order valence-corrected chi connectivity index (χ1v) is 7.01. The van der Waals surface area contributed by atoms with Gasteiger partial charge in [0.1, 0.15) is 0 Å². The molecular formula is C16H26N2O.